The van der Waals surface area contributed by atoms with Gasteiger partial charge in [0.2, 0.25) is 0 Å². The number of carbonyl (C=O) groups excluding carboxylic acids is 1. The normalized spacial score (nSPS) is 11.3. The maximum Gasteiger partial charge on any atom is 0.269 e. The Bertz CT molecular complexity index is 785. The van der Waals surface area contributed by atoms with Gasteiger partial charge in [-0.3, -0.25) is 4.79 Å². The highest BCUT2D eigenvalue weighted by Gasteiger charge is 2.13. The molecule has 5 N–H and O–H groups in total. The number of hydrogen-bond acceptors (Lipinski definition) is 7. The van der Waals surface area contributed by atoms with Crippen molar-refractivity contribution in [3.05, 3.63) is 53.1 Å². The molecule has 2 rings (SSSR count). The lowest BCUT2D eigenvalue weighted by molar-refractivity contribution is -0.114. The van der Waals surface area contributed by atoms with E-state index in [2.05, 4.69) is 10.5 Å². The minimum Gasteiger partial charge on any atom is -0.506 e. The van der Waals surface area contributed by atoms with Crippen molar-refractivity contribution in [2.24, 2.45) is 5.16 Å². The highest BCUT2D eigenvalue weighted by molar-refractivity contribution is 8.76. The summed E-state index contributed by atoms with van der Waals surface area (Å²) >= 11 is 5.83. The van der Waals surface area contributed by atoms with Gasteiger partial charge in [-0.25, -0.2) is 0 Å². The standard InChI is InChI=1S/C17H18ClN3O3S2/c18-14-9-11(1-6-16(14)22)10-15(21-24)17(23)20-7-8-25-26-13-4-2-12(19)3-5-13/h1-6,9,22,24H,7-8,10,19H2,(H,20,23)/b21-15+. The van der Waals surface area contributed by atoms with Gasteiger partial charge in [0, 0.05) is 29.3 Å². The molecule has 26 heavy (non-hydrogen) atoms. The van der Waals surface area contributed by atoms with E-state index in [1.54, 1.807) is 27.7 Å². The predicted octanol–water partition coefficient (Wildman–Crippen LogP) is 3.56. The summed E-state index contributed by atoms with van der Waals surface area (Å²) in [5, 5.41) is 24.4. The summed E-state index contributed by atoms with van der Waals surface area (Å²) in [6.45, 7) is 0.431. The van der Waals surface area contributed by atoms with Gasteiger partial charge in [-0.05, 0) is 42.0 Å². The molecular formula is C17H18ClN3O3S2. The van der Waals surface area contributed by atoms with E-state index in [1.165, 1.54) is 12.1 Å². The van der Waals surface area contributed by atoms with Crippen LogP contribution in [0.5, 0.6) is 5.75 Å². The summed E-state index contributed by atoms with van der Waals surface area (Å²) in [5.41, 5.74) is 6.98. The molecular weight excluding hydrogens is 394 g/mol. The third-order valence-electron chi connectivity index (χ3n) is 3.27. The van der Waals surface area contributed by atoms with Crippen LogP contribution in [-0.4, -0.2) is 34.2 Å². The lowest BCUT2D eigenvalue weighted by Gasteiger charge is -2.07. The molecule has 1 amide bonds. The number of oxime groups is 1. The number of halogens is 1. The van der Waals surface area contributed by atoms with Crippen LogP contribution in [0, 0.1) is 0 Å². The molecule has 0 aromatic heterocycles. The van der Waals surface area contributed by atoms with Crippen LogP contribution in [0.1, 0.15) is 5.56 Å². The molecule has 0 atom stereocenters. The highest BCUT2D eigenvalue weighted by atomic mass is 35.5. The van der Waals surface area contributed by atoms with Gasteiger partial charge in [0.1, 0.15) is 11.5 Å². The SMILES string of the molecule is Nc1ccc(SSCCNC(=O)/C(Cc2ccc(O)c(Cl)c2)=N/O)cc1. The maximum atomic E-state index is 12.1. The molecule has 138 valence electrons. The molecule has 0 saturated heterocycles. The van der Waals surface area contributed by atoms with E-state index in [0.717, 1.165) is 10.6 Å². The Balaban J connectivity index is 1.74. The Labute approximate surface area is 164 Å². The number of phenolic OH excluding ortho intramolecular Hbond substituents is 1. The van der Waals surface area contributed by atoms with Crippen LogP contribution in [0.2, 0.25) is 5.02 Å². The Morgan fingerprint density at radius 1 is 1.23 bits per heavy atom. The summed E-state index contributed by atoms with van der Waals surface area (Å²) in [6.07, 6.45) is 0.107. The van der Waals surface area contributed by atoms with Crippen LogP contribution in [0.4, 0.5) is 5.69 Å². The quantitative estimate of drug-likeness (QED) is 0.132. The fraction of sp³-hybridized carbons (Fsp3) is 0.176. The number of nitrogens with two attached hydrogens (primary N) is 1. The first-order valence-electron chi connectivity index (χ1n) is 7.61. The van der Waals surface area contributed by atoms with Crippen LogP contribution >= 0.6 is 33.2 Å². The van der Waals surface area contributed by atoms with E-state index in [-0.39, 0.29) is 22.9 Å². The van der Waals surface area contributed by atoms with Crippen LogP contribution in [-0.2, 0) is 11.2 Å². The monoisotopic (exact) mass is 411 g/mol. The average Bonchev–Trinajstić information content (AvgIpc) is 2.63. The largest absolute Gasteiger partial charge is 0.506 e. The van der Waals surface area contributed by atoms with Gasteiger partial charge in [0.05, 0.1) is 5.02 Å². The minimum atomic E-state index is -0.449. The molecule has 0 bridgehead atoms. The number of nitrogens with zero attached hydrogens (tertiary/aromatic N) is 1. The Morgan fingerprint density at radius 2 is 1.96 bits per heavy atom. The average molecular weight is 412 g/mol. The predicted molar refractivity (Wildman–Crippen MR) is 108 cm³/mol. The van der Waals surface area contributed by atoms with Gasteiger partial charge < -0.3 is 21.4 Å². The second-order valence-corrected chi connectivity index (χ2v) is 8.14. The molecule has 0 unspecified atom stereocenters. The zero-order valence-corrected chi connectivity index (χ0v) is 16.1. The highest BCUT2D eigenvalue weighted by Crippen LogP contribution is 2.30. The van der Waals surface area contributed by atoms with Crippen molar-refractivity contribution in [2.75, 3.05) is 18.0 Å². The van der Waals surface area contributed by atoms with Gasteiger partial charge in [-0.2, -0.15) is 0 Å². The topological polar surface area (TPSA) is 108 Å². The first kappa shape index (κ1) is 20.3. The zero-order chi connectivity index (χ0) is 18.9. The zero-order valence-electron chi connectivity index (χ0n) is 13.7. The Kier molecular flexibility index (Phi) is 7.96. The van der Waals surface area contributed by atoms with Gasteiger partial charge in [0.15, 0.2) is 0 Å². The van der Waals surface area contributed by atoms with Crippen LogP contribution in [0.25, 0.3) is 0 Å². The number of benzene rings is 2. The maximum absolute atomic E-state index is 12.1. The van der Waals surface area contributed by atoms with E-state index >= 15 is 0 Å². The van der Waals surface area contributed by atoms with E-state index in [4.69, 9.17) is 22.5 Å². The van der Waals surface area contributed by atoms with Crippen molar-refractivity contribution in [2.45, 2.75) is 11.3 Å². The van der Waals surface area contributed by atoms with Crippen molar-refractivity contribution in [3.8, 4) is 5.75 Å². The Hall–Kier alpha value is -2.03. The number of amides is 1. The summed E-state index contributed by atoms with van der Waals surface area (Å²) in [6, 6.07) is 12.1. The number of anilines is 1. The number of rotatable bonds is 8. The van der Waals surface area contributed by atoms with Crippen molar-refractivity contribution in [1.82, 2.24) is 5.32 Å². The second kappa shape index (κ2) is 10.2. The molecule has 0 heterocycles. The van der Waals surface area contributed by atoms with Gasteiger partial charge in [-0.15, -0.1) is 0 Å². The van der Waals surface area contributed by atoms with Crippen LogP contribution < -0.4 is 11.1 Å². The number of hydrogen-bond donors (Lipinski definition) is 4. The molecule has 0 radical (unpaired) electrons. The molecule has 0 fully saturated rings. The molecule has 6 nitrogen and oxygen atoms in total. The van der Waals surface area contributed by atoms with Crippen molar-refractivity contribution < 1.29 is 15.1 Å². The lowest BCUT2D eigenvalue weighted by atomic mass is 10.1. The number of carbonyl (C=O) groups is 1. The summed E-state index contributed by atoms with van der Waals surface area (Å²) in [7, 11) is 3.19. The third-order valence-corrected chi connectivity index (χ3v) is 5.96. The van der Waals surface area contributed by atoms with Gasteiger partial charge >= 0.3 is 0 Å². The number of aromatic hydroxyl groups is 1. The molecule has 0 aliphatic rings. The van der Waals surface area contributed by atoms with Crippen LogP contribution in [0.3, 0.4) is 0 Å². The summed E-state index contributed by atoms with van der Waals surface area (Å²) < 4.78 is 0. The van der Waals surface area contributed by atoms with Crippen LogP contribution in [0.15, 0.2) is 52.5 Å². The molecule has 9 heteroatoms. The van der Waals surface area contributed by atoms with E-state index in [9.17, 15) is 9.90 Å². The minimum absolute atomic E-state index is 0.0251. The number of nitrogen functional groups attached to an aromatic ring is 1. The van der Waals surface area contributed by atoms with E-state index in [1.807, 2.05) is 24.3 Å². The molecule has 0 aliphatic carbocycles. The van der Waals surface area contributed by atoms with E-state index in [0.29, 0.717) is 17.9 Å². The molecule has 2 aromatic carbocycles. The number of nitrogens with one attached hydrogen (secondary N) is 1. The lowest BCUT2D eigenvalue weighted by Crippen LogP contribution is -2.33. The molecule has 0 spiro atoms. The fourth-order valence-electron chi connectivity index (χ4n) is 1.96. The fourth-order valence-corrected chi connectivity index (χ4v) is 4.05. The first-order valence-corrected chi connectivity index (χ1v) is 10.3. The second-order valence-electron chi connectivity index (χ2n) is 5.24. The van der Waals surface area contributed by atoms with Crippen molar-refractivity contribution in [1.29, 1.82) is 0 Å². The summed E-state index contributed by atoms with van der Waals surface area (Å²) in [5.74, 6) is 0.192. The first-order chi connectivity index (χ1) is 12.5. The molecule has 0 saturated carbocycles. The Morgan fingerprint density at radius 3 is 2.62 bits per heavy atom. The molecule has 0 aliphatic heterocycles. The van der Waals surface area contributed by atoms with E-state index < -0.39 is 5.91 Å². The van der Waals surface area contributed by atoms with Gasteiger partial charge in [0.25, 0.3) is 5.91 Å². The van der Waals surface area contributed by atoms with Crippen molar-refractivity contribution >= 4 is 50.5 Å². The summed E-state index contributed by atoms with van der Waals surface area (Å²) in [4.78, 5) is 13.2. The number of phenols is 1. The smallest absolute Gasteiger partial charge is 0.269 e. The third kappa shape index (κ3) is 6.36. The van der Waals surface area contributed by atoms with Gasteiger partial charge in [-0.1, -0.05) is 44.4 Å². The molecule has 2 aromatic rings. The van der Waals surface area contributed by atoms with Crippen molar-refractivity contribution in [3.63, 3.8) is 0 Å².